The van der Waals surface area contributed by atoms with Gasteiger partial charge in [0, 0.05) is 5.69 Å². The van der Waals surface area contributed by atoms with Gasteiger partial charge in [0.2, 0.25) is 5.95 Å². The molecule has 2 heterocycles. The van der Waals surface area contributed by atoms with Gasteiger partial charge in [-0.05, 0) is 25.1 Å². The quantitative estimate of drug-likeness (QED) is 0.754. The summed E-state index contributed by atoms with van der Waals surface area (Å²) in [7, 11) is 0. The third-order valence-corrected chi connectivity index (χ3v) is 2.77. The molecule has 7 nitrogen and oxygen atoms in total. The minimum atomic E-state index is -0.334. The van der Waals surface area contributed by atoms with Gasteiger partial charge in [0.05, 0.1) is 5.69 Å². The molecule has 0 saturated heterocycles. The third-order valence-electron chi connectivity index (χ3n) is 2.77. The summed E-state index contributed by atoms with van der Waals surface area (Å²) in [5.41, 5.74) is 2.10. The lowest BCUT2D eigenvalue weighted by atomic mass is 10.3. The largest absolute Gasteiger partial charge is 0.289 e. The molecular weight excluding hydrogens is 256 g/mol. The molecule has 0 atom stereocenters. The first-order valence-corrected chi connectivity index (χ1v) is 6.03. The summed E-state index contributed by atoms with van der Waals surface area (Å²) in [6, 6.07) is 11.4. The van der Waals surface area contributed by atoms with Crippen LogP contribution in [0, 0.1) is 6.92 Å². The van der Waals surface area contributed by atoms with Crippen LogP contribution in [0.3, 0.4) is 0 Å². The topological polar surface area (TPSA) is 88.5 Å². The van der Waals surface area contributed by atoms with E-state index in [4.69, 9.17) is 0 Å². The highest BCUT2D eigenvalue weighted by Gasteiger charge is 2.14. The van der Waals surface area contributed by atoms with Gasteiger partial charge in [-0.2, -0.15) is 15.2 Å². The Kier molecular flexibility index (Phi) is 3.00. The molecule has 3 rings (SSSR count). The number of nitrogens with zero attached hydrogens (tertiary/aromatic N) is 4. The van der Waals surface area contributed by atoms with Gasteiger partial charge in [-0.15, -0.1) is 0 Å². The van der Waals surface area contributed by atoms with Gasteiger partial charge < -0.3 is 0 Å². The van der Waals surface area contributed by atoms with Crippen LogP contribution in [0.1, 0.15) is 16.2 Å². The number of aromatic nitrogens is 5. The summed E-state index contributed by atoms with van der Waals surface area (Å²) in [5, 5.41) is 13.1. The molecule has 0 radical (unpaired) electrons. The molecule has 1 aromatic carbocycles. The Morgan fingerprint density at radius 2 is 2.10 bits per heavy atom. The Morgan fingerprint density at radius 3 is 2.80 bits per heavy atom. The monoisotopic (exact) mass is 268 g/mol. The second kappa shape index (κ2) is 4.96. The molecule has 0 spiro atoms. The number of hydrogen-bond acceptors (Lipinski definition) is 4. The highest BCUT2D eigenvalue weighted by Crippen LogP contribution is 2.12. The van der Waals surface area contributed by atoms with Gasteiger partial charge in [0.15, 0.2) is 5.69 Å². The average Bonchev–Trinajstić information content (AvgIpc) is 3.09. The van der Waals surface area contributed by atoms with E-state index in [-0.39, 0.29) is 5.91 Å². The number of benzene rings is 1. The molecule has 2 aromatic heterocycles. The van der Waals surface area contributed by atoms with Crippen LogP contribution in [-0.4, -0.2) is 30.9 Å². The minimum Gasteiger partial charge on any atom is -0.289 e. The fraction of sp³-hybridized carbons (Fsp3) is 0.0769. The van der Waals surface area contributed by atoms with E-state index in [1.807, 2.05) is 37.3 Å². The first-order chi connectivity index (χ1) is 9.74. The number of H-pyrrole nitrogens is 1. The van der Waals surface area contributed by atoms with E-state index >= 15 is 0 Å². The summed E-state index contributed by atoms with van der Waals surface area (Å²) >= 11 is 0. The maximum absolute atomic E-state index is 12.0. The van der Waals surface area contributed by atoms with Crippen LogP contribution in [0.15, 0.2) is 42.7 Å². The maximum Gasteiger partial charge on any atom is 0.278 e. The molecule has 1 amide bonds. The zero-order valence-corrected chi connectivity index (χ0v) is 10.7. The number of aryl methyl sites for hydroxylation is 1. The number of carbonyl (C=O) groups excluding carboxylic acids is 1. The van der Waals surface area contributed by atoms with Gasteiger partial charge in [-0.3, -0.25) is 10.1 Å². The number of nitrogens with one attached hydrogen (secondary N) is 2. The normalized spacial score (nSPS) is 10.4. The molecule has 0 fully saturated rings. The Labute approximate surface area is 114 Å². The van der Waals surface area contributed by atoms with Crippen LogP contribution in [0.25, 0.3) is 5.69 Å². The van der Waals surface area contributed by atoms with Gasteiger partial charge in [-0.25, -0.2) is 9.78 Å². The van der Waals surface area contributed by atoms with Crippen LogP contribution in [-0.2, 0) is 0 Å². The molecule has 0 aliphatic carbocycles. The lowest BCUT2D eigenvalue weighted by molar-refractivity contribution is 0.102. The smallest absolute Gasteiger partial charge is 0.278 e. The zero-order valence-electron chi connectivity index (χ0n) is 10.7. The summed E-state index contributed by atoms with van der Waals surface area (Å²) < 4.78 is 1.72. The summed E-state index contributed by atoms with van der Waals surface area (Å²) in [4.78, 5) is 15.9. The lowest BCUT2D eigenvalue weighted by Gasteiger charge is -2.02. The molecule has 2 N–H and O–H groups in total. The Bertz CT molecular complexity index is 717. The minimum absolute atomic E-state index is 0.293. The average molecular weight is 268 g/mol. The molecule has 0 bridgehead atoms. The predicted molar refractivity (Wildman–Crippen MR) is 72.6 cm³/mol. The standard InChI is InChI=1S/C13H12N6O/c1-9-7-11(12(20)16-13-14-8-15-17-13)18-19(9)10-5-3-2-4-6-10/h2-8H,1H3,(H2,14,15,16,17,20). The van der Waals surface area contributed by atoms with Crippen molar-refractivity contribution < 1.29 is 4.79 Å². The van der Waals surface area contributed by atoms with Crippen molar-refractivity contribution >= 4 is 11.9 Å². The van der Waals surface area contributed by atoms with Gasteiger partial charge >= 0.3 is 0 Å². The van der Waals surface area contributed by atoms with Crippen molar-refractivity contribution in [2.45, 2.75) is 6.92 Å². The number of aromatic amines is 1. The molecular formula is C13H12N6O. The molecule has 3 aromatic rings. The second-order valence-electron chi connectivity index (χ2n) is 4.21. The Morgan fingerprint density at radius 1 is 1.30 bits per heavy atom. The van der Waals surface area contributed by atoms with Crippen LogP contribution >= 0.6 is 0 Å². The number of amides is 1. The first kappa shape index (κ1) is 12.1. The lowest BCUT2D eigenvalue weighted by Crippen LogP contribution is -2.14. The molecule has 0 aliphatic rings. The Hall–Kier alpha value is -2.96. The van der Waals surface area contributed by atoms with Crippen molar-refractivity contribution in [1.29, 1.82) is 0 Å². The van der Waals surface area contributed by atoms with Gasteiger partial charge in [0.25, 0.3) is 5.91 Å². The highest BCUT2D eigenvalue weighted by atomic mass is 16.2. The number of rotatable bonds is 3. The van der Waals surface area contributed by atoms with Crippen LogP contribution in [0.4, 0.5) is 5.95 Å². The van der Waals surface area contributed by atoms with Crippen molar-refractivity contribution in [2.75, 3.05) is 5.32 Å². The van der Waals surface area contributed by atoms with E-state index < -0.39 is 0 Å². The summed E-state index contributed by atoms with van der Waals surface area (Å²) in [5.74, 6) is -0.0403. The van der Waals surface area contributed by atoms with Crippen LogP contribution < -0.4 is 5.32 Å². The third kappa shape index (κ3) is 2.28. The summed E-state index contributed by atoms with van der Waals surface area (Å²) in [6.07, 6.45) is 1.32. The zero-order chi connectivity index (χ0) is 13.9. The molecule has 100 valence electrons. The molecule has 0 saturated carbocycles. The molecule has 0 unspecified atom stereocenters. The van der Waals surface area contributed by atoms with E-state index in [0.717, 1.165) is 11.4 Å². The van der Waals surface area contributed by atoms with E-state index in [1.165, 1.54) is 6.33 Å². The van der Waals surface area contributed by atoms with E-state index in [2.05, 4.69) is 25.6 Å². The Balaban J connectivity index is 1.87. The number of para-hydroxylation sites is 1. The second-order valence-corrected chi connectivity index (χ2v) is 4.21. The van der Waals surface area contributed by atoms with Crippen molar-refractivity contribution in [3.63, 3.8) is 0 Å². The van der Waals surface area contributed by atoms with E-state index in [0.29, 0.717) is 11.6 Å². The van der Waals surface area contributed by atoms with Gasteiger partial charge in [-0.1, -0.05) is 18.2 Å². The van der Waals surface area contributed by atoms with Gasteiger partial charge in [0.1, 0.15) is 6.33 Å². The fourth-order valence-electron chi connectivity index (χ4n) is 1.85. The van der Waals surface area contributed by atoms with E-state index in [1.54, 1.807) is 10.7 Å². The molecule has 20 heavy (non-hydrogen) atoms. The van der Waals surface area contributed by atoms with Crippen LogP contribution in [0.2, 0.25) is 0 Å². The van der Waals surface area contributed by atoms with Crippen molar-refractivity contribution in [2.24, 2.45) is 0 Å². The number of carbonyl (C=O) groups is 1. The van der Waals surface area contributed by atoms with Crippen molar-refractivity contribution in [1.82, 2.24) is 25.0 Å². The van der Waals surface area contributed by atoms with Crippen molar-refractivity contribution in [3.05, 3.63) is 54.1 Å². The molecule has 0 aliphatic heterocycles. The van der Waals surface area contributed by atoms with Crippen LogP contribution in [0.5, 0.6) is 0 Å². The van der Waals surface area contributed by atoms with Crippen molar-refractivity contribution in [3.8, 4) is 5.69 Å². The van der Waals surface area contributed by atoms with E-state index in [9.17, 15) is 4.79 Å². The fourth-order valence-corrected chi connectivity index (χ4v) is 1.85. The maximum atomic E-state index is 12.0. The number of anilines is 1. The SMILES string of the molecule is Cc1cc(C(=O)Nc2ncn[nH]2)nn1-c1ccccc1. The first-order valence-electron chi connectivity index (χ1n) is 6.03. The predicted octanol–water partition coefficient (Wildman–Crippen LogP) is 1.55. The highest BCUT2D eigenvalue weighted by molar-refractivity contribution is 6.01. The summed E-state index contributed by atoms with van der Waals surface area (Å²) in [6.45, 7) is 1.89. The number of hydrogen-bond donors (Lipinski definition) is 2. The molecule has 7 heteroatoms.